The molecule has 1 saturated heterocycles. The fourth-order valence-corrected chi connectivity index (χ4v) is 5.52. The first-order chi connectivity index (χ1) is 14.0. The van der Waals surface area contributed by atoms with E-state index in [-0.39, 0.29) is 12.3 Å². The molecular weight excluding hydrogens is 408 g/mol. The van der Waals surface area contributed by atoms with Crippen molar-refractivity contribution in [2.45, 2.75) is 40.5 Å². The van der Waals surface area contributed by atoms with Crippen molar-refractivity contribution < 1.29 is 19.1 Å². The van der Waals surface area contributed by atoms with Gasteiger partial charge in [-0.3, -0.25) is 14.5 Å². The normalized spacial score (nSPS) is 20.8. The molecule has 2 unspecified atom stereocenters. The molecule has 0 radical (unpaired) electrons. The first-order valence-electron chi connectivity index (χ1n) is 9.22. The number of nitrogens with one attached hydrogen (secondary N) is 1. The van der Waals surface area contributed by atoms with E-state index < -0.39 is 22.9 Å². The van der Waals surface area contributed by atoms with Gasteiger partial charge in [0, 0.05) is 22.6 Å². The molecule has 0 aromatic heterocycles. The molecule has 2 aliphatic heterocycles. The second-order valence-corrected chi connectivity index (χ2v) is 8.99. The molecule has 0 aliphatic carbocycles. The number of carbonyl (C=O) groups excluding carboxylic acids is 3. The lowest BCUT2D eigenvalue weighted by Crippen LogP contribution is -2.49. The minimum atomic E-state index is -1.13. The van der Waals surface area contributed by atoms with Crippen molar-refractivity contribution in [3.63, 3.8) is 0 Å². The van der Waals surface area contributed by atoms with Gasteiger partial charge in [0.1, 0.15) is 0 Å². The van der Waals surface area contributed by atoms with Crippen LogP contribution in [0.4, 0.5) is 11.4 Å². The number of anilines is 2. The minimum Gasteiger partial charge on any atom is -0.450 e. The second-order valence-electron chi connectivity index (χ2n) is 6.82. The third-order valence-electron chi connectivity index (χ3n) is 5.01. The Labute approximate surface area is 177 Å². The molecule has 0 saturated carbocycles. The summed E-state index contributed by atoms with van der Waals surface area (Å²) in [4.78, 5) is 40.4. The Bertz CT molecular complexity index is 996. The predicted molar refractivity (Wildman–Crippen MR) is 114 cm³/mol. The Kier molecular flexibility index (Phi) is 5.31. The van der Waals surface area contributed by atoms with E-state index in [1.54, 1.807) is 13.0 Å². The Morgan fingerprint density at radius 3 is 2.72 bits per heavy atom. The average Bonchev–Trinajstić information content (AvgIpc) is 3.24. The van der Waals surface area contributed by atoms with Crippen molar-refractivity contribution in [3.8, 4) is 0 Å². The van der Waals surface area contributed by atoms with E-state index in [9.17, 15) is 14.4 Å². The lowest BCUT2D eigenvalue weighted by atomic mass is 10.2. The Morgan fingerprint density at radius 2 is 1.93 bits per heavy atom. The summed E-state index contributed by atoms with van der Waals surface area (Å²) < 4.78 is 5.55. The van der Waals surface area contributed by atoms with Gasteiger partial charge < -0.3 is 10.1 Å². The van der Waals surface area contributed by atoms with Crippen LogP contribution in [0.25, 0.3) is 0 Å². The summed E-state index contributed by atoms with van der Waals surface area (Å²) in [6.45, 7) is 1.54. The molecule has 8 heteroatoms. The quantitative estimate of drug-likeness (QED) is 0.575. The van der Waals surface area contributed by atoms with Crippen molar-refractivity contribution in [3.05, 3.63) is 48.5 Å². The van der Waals surface area contributed by atoms with Gasteiger partial charge in [-0.15, -0.1) is 11.8 Å². The molecule has 1 fully saturated rings. The van der Waals surface area contributed by atoms with E-state index in [0.717, 1.165) is 15.5 Å². The topological polar surface area (TPSA) is 75.7 Å². The summed E-state index contributed by atoms with van der Waals surface area (Å²) >= 11 is 2.84. The zero-order chi connectivity index (χ0) is 20.6. The van der Waals surface area contributed by atoms with Gasteiger partial charge in [0.05, 0.1) is 11.4 Å². The Hall–Kier alpha value is -2.45. The maximum Gasteiger partial charge on any atom is 0.344 e. The largest absolute Gasteiger partial charge is 0.450 e. The number of esters is 1. The molecule has 0 bridgehead atoms. The Morgan fingerprint density at radius 1 is 1.21 bits per heavy atom. The van der Waals surface area contributed by atoms with Crippen molar-refractivity contribution in [2.75, 3.05) is 16.5 Å². The maximum atomic E-state index is 13.1. The standard InChI is InChI=1S/C21H20N2O4S2/c1-13(19(25)22-14-7-3-5-9-16(14)28-2)27-20(26)21-12-11-18(24)23(21)15-8-4-6-10-17(15)29-21/h3-10,13H,11-12H2,1-2H3,(H,22,25). The molecule has 2 aliphatic rings. The van der Waals surface area contributed by atoms with Gasteiger partial charge in [-0.05, 0) is 37.4 Å². The van der Waals surface area contributed by atoms with Gasteiger partial charge in [-0.25, -0.2) is 4.79 Å². The van der Waals surface area contributed by atoms with E-state index in [0.29, 0.717) is 12.1 Å². The van der Waals surface area contributed by atoms with Crippen LogP contribution in [0.3, 0.4) is 0 Å². The highest BCUT2D eigenvalue weighted by atomic mass is 32.2. The summed E-state index contributed by atoms with van der Waals surface area (Å²) in [5, 5.41) is 2.82. The molecule has 29 heavy (non-hydrogen) atoms. The fraction of sp³-hybridized carbons (Fsp3) is 0.286. The van der Waals surface area contributed by atoms with Crippen LogP contribution in [0.2, 0.25) is 0 Å². The van der Waals surface area contributed by atoms with Gasteiger partial charge in [0.15, 0.2) is 11.0 Å². The monoisotopic (exact) mass is 428 g/mol. The molecule has 2 heterocycles. The number of fused-ring (bicyclic) bond motifs is 3. The summed E-state index contributed by atoms with van der Waals surface area (Å²) in [5.74, 6) is -1.08. The van der Waals surface area contributed by atoms with Crippen LogP contribution >= 0.6 is 23.5 Å². The van der Waals surface area contributed by atoms with Crippen molar-refractivity contribution in [2.24, 2.45) is 0 Å². The third-order valence-corrected chi connectivity index (χ3v) is 7.26. The third kappa shape index (κ3) is 3.40. The molecular formula is C21H20N2O4S2. The summed E-state index contributed by atoms with van der Waals surface area (Å²) in [6, 6.07) is 14.9. The SMILES string of the molecule is CSc1ccccc1NC(=O)C(C)OC(=O)C12CCC(=O)N1c1ccccc1S2. The smallest absolute Gasteiger partial charge is 0.344 e. The molecule has 1 N–H and O–H groups in total. The van der Waals surface area contributed by atoms with Crippen LogP contribution in [-0.4, -0.2) is 35.0 Å². The zero-order valence-corrected chi connectivity index (χ0v) is 17.6. The van der Waals surface area contributed by atoms with Gasteiger partial charge in [0.25, 0.3) is 5.91 Å². The van der Waals surface area contributed by atoms with Crippen LogP contribution in [0.15, 0.2) is 58.3 Å². The van der Waals surface area contributed by atoms with Crippen molar-refractivity contribution >= 4 is 52.7 Å². The second kappa shape index (κ2) is 7.76. The highest BCUT2D eigenvalue weighted by molar-refractivity contribution is 8.02. The number of benzene rings is 2. The van der Waals surface area contributed by atoms with Crippen LogP contribution in [0.5, 0.6) is 0 Å². The molecule has 4 rings (SSSR count). The fourth-order valence-electron chi connectivity index (χ4n) is 3.56. The lowest BCUT2D eigenvalue weighted by molar-refractivity contribution is -0.155. The number of carbonyl (C=O) groups is 3. The number of para-hydroxylation sites is 2. The summed E-state index contributed by atoms with van der Waals surface area (Å²) in [7, 11) is 0. The first kappa shape index (κ1) is 19.8. The van der Waals surface area contributed by atoms with E-state index in [1.165, 1.54) is 28.4 Å². The number of hydrogen-bond donors (Lipinski definition) is 1. The van der Waals surface area contributed by atoms with Gasteiger partial charge in [-0.2, -0.15) is 0 Å². The van der Waals surface area contributed by atoms with Crippen molar-refractivity contribution in [1.82, 2.24) is 0 Å². The predicted octanol–water partition coefficient (Wildman–Crippen LogP) is 3.91. The number of rotatable bonds is 5. The Balaban J connectivity index is 1.50. The molecule has 2 atom stereocenters. The van der Waals surface area contributed by atoms with Crippen LogP contribution in [-0.2, 0) is 19.1 Å². The molecule has 2 aromatic carbocycles. The number of ether oxygens (including phenoxy) is 1. The zero-order valence-electron chi connectivity index (χ0n) is 16.0. The maximum absolute atomic E-state index is 13.1. The number of hydrogen-bond acceptors (Lipinski definition) is 6. The number of amides is 2. The van der Waals surface area contributed by atoms with E-state index in [1.807, 2.05) is 48.7 Å². The van der Waals surface area contributed by atoms with Gasteiger partial charge in [0.2, 0.25) is 5.91 Å². The molecule has 0 spiro atoms. The summed E-state index contributed by atoms with van der Waals surface area (Å²) in [6.07, 6.45) is 1.56. The van der Waals surface area contributed by atoms with E-state index >= 15 is 0 Å². The average molecular weight is 429 g/mol. The molecule has 2 amide bonds. The van der Waals surface area contributed by atoms with E-state index in [4.69, 9.17) is 4.74 Å². The van der Waals surface area contributed by atoms with Crippen LogP contribution < -0.4 is 10.2 Å². The van der Waals surface area contributed by atoms with Gasteiger partial charge >= 0.3 is 5.97 Å². The number of nitrogens with zero attached hydrogens (tertiary/aromatic N) is 1. The lowest BCUT2D eigenvalue weighted by Gasteiger charge is -2.29. The first-order valence-corrected chi connectivity index (χ1v) is 11.3. The molecule has 150 valence electrons. The summed E-state index contributed by atoms with van der Waals surface area (Å²) in [5.41, 5.74) is 1.40. The highest BCUT2D eigenvalue weighted by Crippen LogP contribution is 2.56. The minimum absolute atomic E-state index is 0.106. The highest BCUT2D eigenvalue weighted by Gasteiger charge is 2.58. The van der Waals surface area contributed by atoms with Crippen molar-refractivity contribution in [1.29, 1.82) is 0 Å². The van der Waals surface area contributed by atoms with Crippen LogP contribution in [0, 0.1) is 0 Å². The van der Waals surface area contributed by atoms with Crippen LogP contribution in [0.1, 0.15) is 19.8 Å². The van der Waals surface area contributed by atoms with E-state index in [2.05, 4.69) is 5.32 Å². The van der Waals surface area contributed by atoms with Gasteiger partial charge in [-0.1, -0.05) is 36.0 Å². The number of thioether (sulfide) groups is 2. The molecule has 6 nitrogen and oxygen atoms in total. The molecule has 2 aromatic rings.